The lowest BCUT2D eigenvalue weighted by Gasteiger charge is -2.37. The molecule has 0 aromatic heterocycles. The minimum Gasteiger partial charge on any atom is -0.444 e. The summed E-state index contributed by atoms with van der Waals surface area (Å²) < 4.78 is 5.55. The summed E-state index contributed by atoms with van der Waals surface area (Å²) in [5.41, 5.74) is 2.98. The summed E-state index contributed by atoms with van der Waals surface area (Å²) in [6.45, 7) is 7.67. The maximum absolute atomic E-state index is 13.1. The number of ether oxygens (including phenoxy) is 1. The number of carbonyl (C=O) groups excluding carboxylic acids is 2. The third kappa shape index (κ3) is 4.65. The van der Waals surface area contributed by atoms with E-state index in [9.17, 15) is 9.59 Å². The molecule has 28 heavy (non-hydrogen) atoms. The number of nitrogens with zero attached hydrogens (tertiary/aromatic N) is 1. The quantitative estimate of drug-likeness (QED) is 0.775. The highest BCUT2D eigenvalue weighted by Gasteiger charge is 2.37. The number of carbonyl (C=O) groups is 2. The van der Waals surface area contributed by atoms with Crippen molar-refractivity contribution in [1.82, 2.24) is 4.90 Å². The number of benzene rings is 2. The smallest absolute Gasteiger partial charge is 0.411 e. The van der Waals surface area contributed by atoms with Gasteiger partial charge in [0.15, 0.2) is 0 Å². The van der Waals surface area contributed by atoms with Gasteiger partial charge in [-0.15, -0.1) is 0 Å². The highest BCUT2D eigenvalue weighted by Crippen LogP contribution is 2.27. The summed E-state index contributed by atoms with van der Waals surface area (Å²) in [6.07, 6.45) is -0.0640. The van der Waals surface area contributed by atoms with E-state index in [1.54, 1.807) is 12.1 Å². The van der Waals surface area contributed by atoms with E-state index in [0.717, 1.165) is 16.7 Å². The molecule has 1 heterocycles. The second kappa shape index (κ2) is 7.84. The number of aryl methyl sites for hydroxylation is 1. The van der Waals surface area contributed by atoms with E-state index >= 15 is 0 Å². The van der Waals surface area contributed by atoms with E-state index in [4.69, 9.17) is 16.3 Å². The zero-order chi connectivity index (χ0) is 20.5. The standard InChI is InChI=1S/C22H25ClN2O3/c1-14-9-10-17(23)12-18(14)24-20(26)19-11-15-7-5-6-8-16(15)13-25(19)21(27)28-22(2,3)4/h5-10,12,19H,11,13H2,1-4H3,(H,24,26)/t19-/m0/s1. The van der Waals surface area contributed by atoms with Gasteiger partial charge in [0.2, 0.25) is 5.91 Å². The van der Waals surface area contributed by atoms with Gasteiger partial charge in [-0.05, 0) is 56.5 Å². The molecule has 1 aliphatic heterocycles. The molecule has 2 aromatic rings. The van der Waals surface area contributed by atoms with Crippen molar-refractivity contribution in [3.05, 3.63) is 64.2 Å². The summed E-state index contributed by atoms with van der Waals surface area (Å²) >= 11 is 6.07. The summed E-state index contributed by atoms with van der Waals surface area (Å²) in [5.74, 6) is -0.259. The van der Waals surface area contributed by atoms with Crippen LogP contribution >= 0.6 is 11.6 Å². The van der Waals surface area contributed by atoms with Gasteiger partial charge in [-0.1, -0.05) is 41.9 Å². The van der Waals surface area contributed by atoms with Crippen molar-refractivity contribution >= 4 is 29.3 Å². The summed E-state index contributed by atoms with van der Waals surface area (Å²) in [5, 5.41) is 3.47. The van der Waals surface area contributed by atoms with Crippen LogP contribution in [0.5, 0.6) is 0 Å². The first-order chi connectivity index (χ1) is 13.1. The number of anilines is 1. The molecule has 0 unspecified atom stereocenters. The molecule has 1 N–H and O–H groups in total. The molecule has 0 spiro atoms. The minimum absolute atomic E-state index is 0.259. The van der Waals surface area contributed by atoms with Crippen LogP contribution in [0.4, 0.5) is 10.5 Å². The Morgan fingerprint density at radius 1 is 1.14 bits per heavy atom. The van der Waals surface area contributed by atoms with Crippen LogP contribution in [-0.4, -0.2) is 28.5 Å². The van der Waals surface area contributed by atoms with Crippen LogP contribution < -0.4 is 5.32 Å². The number of hydrogen-bond donors (Lipinski definition) is 1. The SMILES string of the molecule is Cc1ccc(Cl)cc1NC(=O)[C@@H]1Cc2ccccc2CN1C(=O)OC(C)(C)C. The van der Waals surface area contributed by atoms with E-state index < -0.39 is 17.7 Å². The highest BCUT2D eigenvalue weighted by molar-refractivity contribution is 6.31. The first-order valence-electron chi connectivity index (χ1n) is 9.27. The van der Waals surface area contributed by atoms with Crippen molar-refractivity contribution in [2.75, 3.05) is 5.32 Å². The van der Waals surface area contributed by atoms with Gasteiger partial charge in [0, 0.05) is 17.1 Å². The zero-order valence-corrected chi connectivity index (χ0v) is 17.3. The minimum atomic E-state index is -0.664. The number of nitrogens with one attached hydrogen (secondary N) is 1. The number of fused-ring (bicyclic) bond motifs is 1. The molecule has 6 heteroatoms. The molecule has 0 saturated carbocycles. The number of amides is 2. The maximum atomic E-state index is 13.1. The van der Waals surface area contributed by atoms with Crippen LogP contribution in [0, 0.1) is 6.92 Å². The molecule has 5 nitrogen and oxygen atoms in total. The summed E-state index contributed by atoms with van der Waals surface area (Å²) in [4.78, 5) is 27.4. The summed E-state index contributed by atoms with van der Waals surface area (Å²) in [7, 11) is 0. The molecular weight excluding hydrogens is 376 g/mol. The Hall–Kier alpha value is -2.53. The predicted octanol–water partition coefficient (Wildman–Crippen LogP) is 4.95. The number of hydrogen-bond acceptors (Lipinski definition) is 3. The molecule has 3 rings (SSSR count). The van der Waals surface area contributed by atoms with Crippen LogP contribution in [0.2, 0.25) is 5.02 Å². The molecule has 0 aliphatic carbocycles. The lowest BCUT2D eigenvalue weighted by molar-refractivity contribution is -0.121. The van der Waals surface area contributed by atoms with Crippen molar-refractivity contribution in [3.8, 4) is 0 Å². The van der Waals surface area contributed by atoms with E-state index in [-0.39, 0.29) is 5.91 Å². The molecular formula is C22H25ClN2O3. The van der Waals surface area contributed by atoms with Crippen LogP contribution in [0.25, 0.3) is 0 Å². The fraction of sp³-hybridized carbons (Fsp3) is 0.364. The lowest BCUT2D eigenvalue weighted by Crippen LogP contribution is -2.52. The molecule has 0 bridgehead atoms. The molecule has 2 aromatic carbocycles. The largest absolute Gasteiger partial charge is 0.444 e. The second-order valence-electron chi connectivity index (χ2n) is 8.05. The van der Waals surface area contributed by atoms with E-state index in [1.165, 1.54) is 4.90 Å². The third-order valence-electron chi connectivity index (χ3n) is 4.64. The molecule has 1 aliphatic rings. The zero-order valence-electron chi connectivity index (χ0n) is 16.6. The predicted molar refractivity (Wildman–Crippen MR) is 111 cm³/mol. The lowest BCUT2D eigenvalue weighted by atomic mass is 9.93. The molecule has 148 valence electrons. The Balaban J connectivity index is 1.89. The molecule has 0 radical (unpaired) electrons. The Bertz CT molecular complexity index is 905. The van der Waals surface area contributed by atoms with Crippen LogP contribution in [0.1, 0.15) is 37.5 Å². The first kappa shape index (κ1) is 20.2. The topological polar surface area (TPSA) is 58.6 Å². The van der Waals surface area contributed by atoms with Gasteiger partial charge in [-0.3, -0.25) is 9.69 Å². The monoisotopic (exact) mass is 400 g/mol. The molecule has 0 fully saturated rings. The van der Waals surface area contributed by atoms with Gasteiger partial charge >= 0.3 is 6.09 Å². The summed E-state index contributed by atoms with van der Waals surface area (Å²) in [6, 6.07) is 12.5. The average molecular weight is 401 g/mol. The Morgan fingerprint density at radius 2 is 1.82 bits per heavy atom. The van der Waals surface area contributed by atoms with Gasteiger partial charge < -0.3 is 10.1 Å². The second-order valence-corrected chi connectivity index (χ2v) is 8.48. The number of halogens is 1. The van der Waals surface area contributed by atoms with Gasteiger partial charge in [0.05, 0.1) is 6.54 Å². The van der Waals surface area contributed by atoms with Gasteiger partial charge in [-0.2, -0.15) is 0 Å². The van der Waals surface area contributed by atoms with Gasteiger partial charge in [0.1, 0.15) is 11.6 Å². The fourth-order valence-corrected chi connectivity index (χ4v) is 3.39. The van der Waals surface area contributed by atoms with Crippen molar-refractivity contribution in [2.45, 2.75) is 52.3 Å². The molecule has 2 amide bonds. The number of rotatable bonds is 2. The van der Waals surface area contributed by atoms with Crippen LogP contribution in [0.3, 0.4) is 0 Å². The maximum Gasteiger partial charge on any atom is 0.411 e. The fourth-order valence-electron chi connectivity index (χ4n) is 3.21. The van der Waals surface area contributed by atoms with E-state index in [2.05, 4.69) is 5.32 Å². The van der Waals surface area contributed by atoms with Crippen molar-refractivity contribution in [3.63, 3.8) is 0 Å². The van der Waals surface area contributed by atoms with Crippen LogP contribution in [0.15, 0.2) is 42.5 Å². The van der Waals surface area contributed by atoms with Crippen molar-refractivity contribution in [2.24, 2.45) is 0 Å². The average Bonchev–Trinajstić information content (AvgIpc) is 2.62. The van der Waals surface area contributed by atoms with Gasteiger partial charge in [-0.25, -0.2) is 4.79 Å². The van der Waals surface area contributed by atoms with Crippen LogP contribution in [-0.2, 0) is 22.5 Å². The molecule has 1 atom stereocenters. The highest BCUT2D eigenvalue weighted by atomic mass is 35.5. The third-order valence-corrected chi connectivity index (χ3v) is 4.87. The van der Waals surface area contributed by atoms with Crippen molar-refractivity contribution < 1.29 is 14.3 Å². The normalized spacial score (nSPS) is 16.3. The Morgan fingerprint density at radius 3 is 2.50 bits per heavy atom. The Kier molecular flexibility index (Phi) is 5.66. The molecule has 0 saturated heterocycles. The van der Waals surface area contributed by atoms with E-state index in [1.807, 2.05) is 58.0 Å². The first-order valence-corrected chi connectivity index (χ1v) is 9.65. The van der Waals surface area contributed by atoms with E-state index in [0.29, 0.717) is 23.7 Å². The van der Waals surface area contributed by atoms with Gasteiger partial charge in [0.25, 0.3) is 0 Å². The Labute approximate surface area is 170 Å². The van der Waals surface area contributed by atoms with Crippen molar-refractivity contribution in [1.29, 1.82) is 0 Å².